The number of rotatable bonds is 4. The molecule has 0 saturated carbocycles. The molecule has 1 aliphatic rings. The van der Waals surface area contributed by atoms with Crippen LogP contribution in [0.5, 0.6) is 0 Å². The molecule has 0 aliphatic carbocycles. The van der Waals surface area contributed by atoms with Gasteiger partial charge in [0.2, 0.25) is 0 Å². The molecule has 1 saturated heterocycles. The monoisotopic (exact) mass is 320 g/mol. The molecular weight excluding hydrogens is 301 g/mol. The number of benzene rings is 1. The van der Waals surface area contributed by atoms with Crippen LogP contribution >= 0.6 is 0 Å². The molecule has 3 atom stereocenters. The molecule has 0 aromatic heterocycles. The summed E-state index contributed by atoms with van der Waals surface area (Å²) in [5, 5.41) is 30.2. The summed E-state index contributed by atoms with van der Waals surface area (Å²) in [7, 11) is 0. The number of likely N-dealkylation sites (tertiary alicyclic amines) is 1. The highest BCUT2D eigenvalue weighted by Gasteiger charge is 2.35. The molecular formula is C14H19F3N2O3. The van der Waals surface area contributed by atoms with Crippen LogP contribution in [0.3, 0.4) is 0 Å². The Morgan fingerprint density at radius 2 is 1.82 bits per heavy atom. The van der Waals surface area contributed by atoms with Gasteiger partial charge in [-0.1, -0.05) is 12.1 Å². The van der Waals surface area contributed by atoms with Crippen LogP contribution in [0.2, 0.25) is 0 Å². The van der Waals surface area contributed by atoms with E-state index >= 15 is 0 Å². The van der Waals surface area contributed by atoms with E-state index in [2.05, 4.69) is 0 Å². The van der Waals surface area contributed by atoms with Crippen molar-refractivity contribution in [2.24, 2.45) is 0 Å². The molecule has 5 nitrogen and oxygen atoms in total. The molecule has 22 heavy (non-hydrogen) atoms. The third-order valence-corrected chi connectivity index (χ3v) is 3.78. The lowest BCUT2D eigenvalue weighted by Gasteiger charge is -2.40. The van der Waals surface area contributed by atoms with Crippen molar-refractivity contribution in [1.82, 2.24) is 4.90 Å². The van der Waals surface area contributed by atoms with Crippen LogP contribution in [-0.2, 0) is 6.54 Å². The van der Waals surface area contributed by atoms with E-state index < -0.39 is 24.6 Å². The Morgan fingerprint density at radius 3 is 2.36 bits per heavy atom. The van der Waals surface area contributed by atoms with Crippen molar-refractivity contribution in [2.75, 3.05) is 18.5 Å². The minimum atomic E-state index is -4.48. The predicted octanol–water partition coefficient (Wildman–Crippen LogP) is 0.907. The summed E-state index contributed by atoms with van der Waals surface area (Å²) in [5.41, 5.74) is 0.707. The first-order valence-corrected chi connectivity index (χ1v) is 6.95. The van der Waals surface area contributed by atoms with Crippen LogP contribution in [0.4, 0.5) is 18.9 Å². The van der Waals surface area contributed by atoms with Crippen molar-refractivity contribution in [3.63, 3.8) is 0 Å². The van der Waals surface area contributed by atoms with Crippen molar-refractivity contribution in [2.45, 2.75) is 37.5 Å². The normalized spacial score (nSPS) is 26.9. The largest absolute Gasteiger partial charge is 0.482 e. The van der Waals surface area contributed by atoms with Gasteiger partial charge in [-0.25, -0.2) is 0 Å². The Bertz CT molecular complexity index is 481. The van der Waals surface area contributed by atoms with Crippen LogP contribution in [-0.4, -0.2) is 57.9 Å². The molecule has 0 radical (unpaired) electrons. The van der Waals surface area contributed by atoms with Crippen LogP contribution in [0, 0.1) is 0 Å². The lowest BCUT2D eigenvalue weighted by Crippen LogP contribution is -2.55. The molecule has 1 fully saturated rings. The number of aliphatic hydroxyl groups is 3. The number of anilines is 1. The average molecular weight is 320 g/mol. The molecule has 1 heterocycles. The zero-order chi connectivity index (χ0) is 16.3. The Hall–Kier alpha value is -1.35. The standard InChI is InChI=1S/C14H19F3N2O3/c15-14(16,17)18-10-3-1-9(2-4-10)7-19-6-5-12(21)13(22)11(19)8-20/h1-4,11-13,18,20-22H,5-8H2/t11-,12-,13-/m1/s1. The zero-order valence-corrected chi connectivity index (χ0v) is 11.8. The number of alkyl halides is 3. The van der Waals surface area contributed by atoms with Crippen LogP contribution in [0.25, 0.3) is 0 Å². The summed E-state index contributed by atoms with van der Waals surface area (Å²) >= 11 is 0. The van der Waals surface area contributed by atoms with Crippen molar-refractivity contribution in [3.05, 3.63) is 29.8 Å². The summed E-state index contributed by atoms with van der Waals surface area (Å²) in [6.07, 6.45) is -6.00. The highest BCUT2D eigenvalue weighted by Crippen LogP contribution is 2.23. The SMILES string of the molecule is OC[C@@H]1[C@@H](O)[C@H](O)CCN1Cc1ccc(NC(F)(F)F)cc1. The van der Waals surface area contributed by atoms with Gasteiger partial charge in [-0.2, -0.15) is 13.2 Å². The molecule has 1 aromatic rings. The smallest absolute Gasteiger partial charge is 0.395 e. The van der Waals surface area contributed by atoms with E-state index in [4.69, 9.17) is 0 Å². The fourth-order valence-electron chi connectivity index (χ4n) is 2.62. The molecule has 124 valence electrons. The Kier molecular flexibility index (Phi) is 5.28. The highest BCUT2D eigenvalue weighted by molar-refractivity contribution is 5.45. The van der Waals surface area contributed by atoms with E-state index in [0.29, 0.717) is 19.5 Å². The van der Waals surface area contributed by atoms with Gasteiger partial charge in [-0.3, -0.25) is 10.2 Å². The van der Waals surface area contributed by atoms with Crippen molar-refractivity contribution < 1.29 is 28.5 Å². The van der Waals surface area contributed by atoms with Crippen molar-refractivity contribution in [1.29, 1.82) is 0 Å². The molecule has 1 aliphatic heterocycles. The lowest BCUT2D eigenvalue weighted by molar-refractivity contribution is -0.0999. The van der Waals surface area contributed by atoms with E-state index in [9.17, 15) is 28.5 Å². The maximum atomic E-state index is 12.2. The summed E-state index contributed by atoms with van der Waals surface area (Å²) in [5.74, 6) is 0. The molecule has 2 rings (SSSR count). The molecule has 4 N–H and O–H groups in total. The van der Waals surface area contributed by atoms with E-state index in [1.54, 1.807) is 12.1 Å². The number of nitrogens with zero attached hydrogens (tertiary/aromatic N) is 1. The number of halogens is 3. The minimum Gasteiger partial charge on any atom is -0.395 e. The Labute approximate surface area is 126 Å². The van der Waals surface area contributed by atoms with E-state index in [-0.39, 0.29) is 12.3 Å². The van der Waals surface area contributed by atoms with E-state index in [1.165, 1.54) is 17.4 Å². The van der Waals surface area contributed by atoms with Gasteiger partial charge in [0.1, 0.15) is 0 Å². The predicted molar refractivity (Wildman–Crippen MR) is 74.0 cm³/mol. The second kappa shape index (κ2) is 6.82. The number of aliphatic hydroxyl groups excluding tert-OH is 3. The van der Waals surface area contributed by atoms with Crippen LogP contribution in [0.15, 0.2) is 24.3 Å². The highest BCUT2D eigenvalue weighted by atomic mass is 19.4. The van der Waals surface area contributed by atoms with Gasteiger partial charge in [0, 0.05) is 18.8 Å². The van der Waals surface area contributed by atoms with E-state index in [0.717, 1.165) is 5.56 Å². The van der Waals surface area contributed by atoms with Gasteiger partial charge in [0.25, 0.3) is 0 Å². The van der Waals surface area contributed by atoms with Gasteiger partial charge in [0.05, 0.1) is 24.9 Å². The van der Waals surface area contributed by atoms with Crippen molar-refractivity contribution >= 4 is 5.69 Å². The fraction of sp³-hybridized carbons (Fsp3) is 0.571. The topological polar surface area (TPSA) is 76.0 Å². The first-order chi connectivity index (χ1) is 10.3. The molecule has 0 unspecified atom stereocenters. The van der Waals surface area contributed by atoms with Crippen LogP contribution < -0.4 is 5.32 Å². The molecule has 1 aromatic carbocycles. The number of hydrogen-bond acceptors (Lipinski definition) is 5. The third-order valence-electron chi connectivity index (χ3n) is 3.78. The summed E-state index contributed by atoms with van der Waals surface area (Å²) in [6.45, 7) is 0.569. The van der Waals surface area contributed by atoms with Gasteiger partial charge < -0.3 is 15.3 Å². The van der Waals surface area contributed by atoms with Gasteiger partial charge >= 0.3 is 6.30 Å². The summed E-state index contributed by atoms with van der Waals surface area (Å²) in [4.78, 5) is 1.81. The summed E-state index contributed by atoms with van der Waals surface area (Å²) < 4.78 is 36.6. The van der Waals surface area contributed by atoms with Crippen molar-refractivity contribution in [3.8, 4) is 0 Å². The molecule has 8 heteroatoms. The third kappa shape index (κ3) is 4.33. The number of piperidine rings is 1. The number of hydrogen-bond donors (Lipinski definition) is 4. The molecule has 0 bridgehead atoms. The Morgan fingerprint density at radius 1 is 1.18 bits per heavy atom. The maximum Gasteiger partial charge on any atom is 0.482 e. The van der Waals surface area contributed by atoms with E-state index in [1.807, 2.05) is 4.90 Å². The first kappa shape index (κ1) is 17.0. The lowest BCUT2D eigenvalue weighted by atomic mass is 9.96. The second-order valence-electron chi connectivity index (χ2n) is 5.39. The second-order valence-corrected chi connectivity index (χ2v) is 5.39. The van der Waals surface area contributed by atoms with Gasteiger partial charge in [-0.05, 0) is 24.1 Å². The number of nitrogens with one attached hydrogen (secondary N) is 1. The average Bonchev–Trinajstić information content (AvgIpc) is 2.44. The molecule has 0 spiro atoms. The summed E-state index contributed by atoms with van der Waals surface area (Å²) in [6, 6.07) is 5.18. The maximum absolute atomic E-state index is 12.2. The van der Waals surface area contributed by atoms with Gasteiger partial charge in [-0.15, -0.1) is 0 Å². The zero-order valence-electron chi connectivity index (χ0n) is 11.8. The van der Waals surface area contributed by atoms with Crippen LogP contribution in [0.1, 0.15) is 12.0 Å². The minimum absolute atomic E-state index is 0.0518. The Balaban J connectivity index is 2.01. The quantitative estimate of drug-likeness (QED) is 0.621. The first-order valence-electron chi connectivity index (χ1n) is 6.95. The molecule has 0 amide bonds. The fourth-order valence-corrected chi connectivity index (χ4v) is 2.62. The van der Waals surface area contributed by atoms with Gasteiger partial charge in [0.15, 0.2) is 0 Å².